The summed E-state index contributed by atoms with van der Waals surface area (Å²) in [6, 6.07) is 4.88. The first-order valence-corrected chi connectivity index (χ1v) is 7.26. The van der Waals surface area contributed by atoms with Crippen LogP contribution in [0, 0.1) is 18.7 Å². The van der Waals surface area contributed by atoms with Crippen molar-refractivity contribution in [3.8, 4) is 11.4 Å². The number of halogens is 1. The molecule has 0 radical (unpaired) electrons. The third kappa shape index (κ3) is 4.11. The maximum absolute atomic E-state index is 13.4. The second-order valence-electron chi connectivity index (χ2n) is 5.79. The molecule has 0 saturated carbocycles. The summed E-state index contributed by atoms with van der Waals surface area (Å²) in [7, 11) is 1.93. The van der Waals surface area contributed by atoms with Crippen LogP contribution in [0.25, 0.3) is 11.4 Å². The molecule has 0 fully saturated rings. The number of hydrogen-bond donors (Lipinski definition) is 1. The van der Waals surface area contributed by atoms with Crippen molar-refractivity contribution < 1.29 is 8.91 Å². The van der Waals surface area contributed by atoms with Crippen molar-refractivity contribution in [2.24, 2.45) is 5.92 Å². The highest BCUT2D eigenvalue weighted by Gasteiger charge is 2.16. The van der Waals surface area contributed by atoms with E-state index in [-0.39, 0.29) is 5.82 Å². The number of likely N-dealkylation sites (N-methyl/N-ethyl adjacent to an activating group) is 1. The van der Waals surface area contributed by atoms with Crippen molar-refractivity contribution in [3.05, 3.63) is 35.5 Å². The lowest BCUT2D eigenvalue weighted by Crippen LogP contribution is -2.29. The Kier molecular flexibility index (Phi) is 5.07. The Balaban J connectivity index is 2.16. The van der Waals surface area contributed by atoms with E-state index >= 15 is 0 Å². The van der Waals surface area contributed by atoms with Gasteiger partial charge in [-0.2, -0.15) is 4.98 Å². The highest BCUT2D eigenvalue weighted by molar-refractivity contribution is 5.59. The normalized spacial score (nSPS) is 12.9. The van der Waals surface area contributed by atoms with Gasteiger partial charge in [-0.3, -0.25) is 0 Å². The molecule has 2 aromatic rings. The van der Waals surface area contributed by atoms with Crippen LogP contribution < -0.4 is 5.32 Å². The summed E-state index contributed by atoms with van der Waals surface area (Å²) in [5, 5.41) is 7.24. The zero-order valence-corrected chi connectivity index (χ0v) is 13.0. The molecule has 4 nitrogen and oxygen atoms in total. The second kappa shape index (κ2) is 6.80. The van der Waals surface area contributed by atoms with E-state index in [4.69, 9.17) is 4.52 Å². The van der Waals surface area contributed by atoms with E-state index in [1.54, 1.807) is 6.07 Å². The van der Waals surface area contributed by atoms with Crippen molar-refractivity contribution in [1.82, 2.24) is 15.5 Å². The minimum Gasteiger partial charge on any atom is -0.339 e. The average Bonchev–Trinajstić information content (AvgIpc) is 2.88. The van der Waals surface area contributed by atoms with E-state index in [1.807, 2.05) is 14.0 Å². The number of hydrogen-bond acceptors (Lipinski definition) is 4. The van der Waals surface area contributed by atoms with Crippen LogP contribution in [-0.2, 0) is 6.42 Å². The number of nitrogens with zero attached hydrogens (tertiary/aromatic N) is 2. The topological polar surface area (TPSA) is 51.0 Å². The Morgan fingerprint density at radius 1 is 1.33 bits per heavy atom. The van der Waals surface area contributed by atoms with Crippen LogP contribution in [0.1, 0.15) is 31.7 Å². The molecule has 1 aromatic carbocycles. The van der Waals surface area contributed by atoms with Crippen molar-refractivity contribution in [2.75, 3.05) is 7.05 Å². The standard InChI is InChI=1S/C16H22FN3O/c1-10(2)7-13(18-4)9-15-19-16(20-21-15)14-8-12(17)6-5-11(14)3/h5-6,8,10,13,18H,7,9H2,1-4H3. The number of rotatable bonds is 6. The maximum atomic E-state index is 13.4. The lowest BCUT2D eigenvalue weighted by atomic mass is 10.0. The Bertz CT molecular complexity index is 595. The van der Waals surface area contributed by atoms with Gasteiger partial charge in [0, 0.05) is 18.0 Å². The average molecular weight is 291 g/mol. The molecular formula is C16H22FN3O. The van der Waals surface area contributed by atoms with Crippen LogP contribution in [0.2, 0.25) is 0 Å². The van der Waals surface area contributed by atoms with Gasteiger partial charge in [-0.15, -0.1) is 0 Å². The van der Waals surface area contributed by atoms with Crippen LogP contribution in [-0.4, -0.2) is 23.2 Å². The minimum absolute atomic E-state index is 0.296. The van der Waals surface area contributed by atoms with E-state index in [0.717, 1.165) is 12.0 Å². The van der Waals surface area contributed by atoms with E-state index in [0.29, 0.717) is 35.7 Å². The van der Waals surface area contributed by atoms with E-state index < -0.39 is 0 Å². The van der Waals surface area contributed by atoms with Gasteiger partial charge in [0.15, 0.2) is 0 Å². The van der Waals surface area contributed by atoms with E-state index in [1.165, 1.54) is 12.1 Å². The van der Waals surface area contributed by atoms with E-state index in [9.17, 15) is 4.39 Å². The third-order valence-electron chi connectivity index (χ3n) is 3.49. The predicted octanol–water partition coefficient (Wildman–Crippen LogP) is 3.36. The fraction of sp³-hybridized carbons (Fsp3) is 0.500. The van der Waals surface area contributed by atoms with Crippen LogP contribution in [0.3, 0.4) is 0 Å². The summed E-state index contributed by atoms with van der Waals surface area (Å²) in [5.74, 6) is 1.32. The van der Waals surface area contributed by atoms with Crippen molar-refractivity contribution in [2.45, 2.75) is 39.7 Å². The summed E-state index contributed by atoms with van der Waals surface area (Å²) in [6.45, 7) is 6.26. The largest absolute Gasteiger partial charge is 0.339 e. The van der Waals surface area contributed by atoms with Gasteiger partial charge in [-0.05, 0) is 44.0 Å². The third-order valence-corrected chi connectivity index (χ3v) is 3.49. The fourth-order valence-corrected chi connectivity index (χ4v) is 2.37. The molecule has 0 aliphatic carbocycles. The van der Waals surface area contributed by atoms with Crippen LogP contribution in [0.5, 0.6) is 0 Å². The maximum Gasteiger partial charge on any atom is 0.228 e. The molecule has 21 heavy (non-hydrogen) atoms. The Morgan fingerprint density at radius 2 is 2.10 bits per heavy atom. The zero-order chi connectivity index (χ0) is 15.4. The molecule has 0 amide bonds. The molecule has 0 aliphatic rings. The Morgan fingerprint density at radius 3 is 2.76 bits per heavy atom. The van der Waals surface area contributed by atoms with Crippen molar-refractivity contribution in [1.29, 1.82) is 0 Å². The van der Waals surface area contributed by atoms with Crippen LogP contribution in [0.15, 0.2) is 22.7 Å². The lowest BCUT2D eigenvalue weighted by Gasteiger charge is -2.15. The van der Waals surface area contributed by atoms with Crippen molar-refractivity contribution in [3.63, 3.8) is 0 Å². The van der Waals surface area contributed by atoms with Gasteiger partial charge < -0.3 is 9.84 Å². The summed E-state index contributed by atoms with van der Waals surface area (Å²) in [6.07, 6.45) is 1.71. The molecule has 5 heteroatoms. The molecule has 0 bridgehead atoms. The van der Waals surface area contributed by atoms with Gasteiger partial charge in [-0.1, -0.05) is 25.1 Å². The molecule has 1 N–H and O–H groups in total. The summed E-state index contributed by atoms with van der Waals surface area (Å²) in [4.78, 5) is 4.39. The van der Waals surface area contributed by atoms with Crippen LogP contribution >= 0.6 is 0 Å². The van der Waals surface area contributed by atoms with Gasteiger partial charge >= 0.3 is 0 Å². The quantitative estimate of drug-likeness (QED) is 0.886. The number of nitrogens with one attached hydrogen (secondary N) is 1. The smallest absolute Gasteiger partial charge is 0.228 e. The van der Waals surface area contributed by atoms with E-state index in [2.05, 4.69) is 29.3 Å². The number of aryl methyl sites for hydroxylation is 1. The van der Waals surface area contributed by atoms with Crippen molar-refractivity contribution >= 4 is 0 Å². The predicted molar refractivity (Wildman–Crippen MR) is 80.4 cm³/mol. The second-order valence-corrected chi connectivity index (χ2v) is 5.79. The monoisotopic (exact) mass is 291 g/mol. The molecule has 1 unspecified atom stereocenters. The Hall–Kier alpha value is -1.75. The van der Waals surface area contributed by atoms with Gasteiger partial charge in [0.25, 0.3) is 0 Å². The molecule has 2 rings (SSSR count). The zero-order valence-electron chi connectivity index (χ0n) is 13.0. The van der Waals surface area contributed by atoms with Gasteiger partial charge in [0.1, 0.15) is 5.82 Å². The molecular weight excluding hydrogens is 269 g/mol. The molecule has 1 aromatic heterocycles. The molecule has 0 aliphatic heterocycles. The van der Waals surface area contributed by atoms with Gasteiger partial charge in [0.2, 0.25) is 11.7 Å². The number of benzene rings is 1. The van der Waals surface area contributed by atoms with Gasteiger partial charge in [0.05, 0.1) is 0 Å². The summed E-state index contributed by atoms with van der Waals surface area (Å²) < 4.78 is 18.7. The molecule has 0 spiro atoms. The number of aromatic nitrogens is 2. The molecule has 1 atom stereocenters. The van der Waals surface area contributed by atoms with Gasteiger partial charge in [-0.25, -0.2) is 4.39 Å². The minimum atomic E-state index is -0.296. The first-order valence-electron chi connectivity index (χ1n) is 7.26. The lowest BCUT2D eigenvalue weighted by molar-refractivity contribution is 0.345. The summed E-state index contributed by atoms with van der Waals surface area (Å²) >= 11 is 0. The molecule has 0 saturated heterocycles. The van der Waals surface area contributed by atoms with Crippen LogP contribution in [0.4, 0.5) is 4.39 Å². The highest BCUT2D eigenvalue weighted by Crippen LogP contribution is 2.22. The highest BCUT2D eigenvalue weighted by atomic mass is 19.1. The summed E-state index contributed by atoms with van der Waals surface area (Å²) in [5.41, 5.74) is 1.60. The molecule has 1 heterocycles. The fourth-order valence-electron chi connectivity index (χ4n) is 2.37. The first-order chi connectivity index (χ1) is 9.99. The molecule has 114 valence electrons. The SMILES string of the molecule is CNC(Cc1nc(-c2cc(F)ccc2C)no1)CC(C)C. The first kappa shape index (κ1) is 15.6. The Labute approximate surface area is 124 Å².